The van der Waals surface area contributed by atoms with Crippen molar-refractivity contribution >= 4 is 21.6 Å². The molecule has 0 bridgehead atoms. The molecule has 16 heavy (non-hydrogen) atoms. The van der Waals surface area contributed by atoms with Crippen molar-refractivity contribution < 1.29 is 0 Å². The second kappa shape index (κ2) is 4.06. The molecule has 1 aromatic carbocycles. The monoisotopic (exact) mass is 279 g/mol. The number of benzene rings is 1. The first kappa shape index (κ1) is 10.6. The lowest BCUT2D eigenvalue weighted by molar-refractivity contribution is 0.568. The van der Waals surface area contributed by atoms with Gasteiger partial charge in [0.15, 0.2) is 0 Å². The SMILES string of the molecule is CCc1cc(Br)cc2c1NC(C1CC1)CC2. The van der Waals surface area contributed by atoms with E-state index in [0.29, 0.717) is 0 Å². The Morgan fingerprint density at radius 2 is 2.12 bits per heavy atom. The van der Waals surface area contributed by atoms with Crippen LogP contribution in [-0.4, -0.2) is 6.04 Å². The Morgan fingerprint density at radius 1 is 1.31 bits per heavy atom. The summed E-state index contributed by atoms with van der Waals surface area (Å²) < 4.78 is 1.23. The Kier molecular flexibility index (Phi) is 2.70. The minimum Gasteiger partial charge on any atom is -0.382 e. The first-order valence-corrected chi connectivity index (χ1v) is 7.15. The Hall–Kier alpha value is -0.500. The summed E-state index contributed by atoms with van der Waals surface area (Å²) in [5, 5.41) is 3.78. The zero-order valence-corrected chi connectivity index (χ0v) is 11.3. The van der Waals surface area contributed by atoms with Crippen molar-refractivity contribution in [1.29, 1.82) is 0 Å². The molecule has 1 unspecified atom stereocenters. The second-order valence-electron chi connectivity index (χ2n) is 5.08. The minimum atomic E-state index is 0.749. The van der Waals surface area contributed by atoms with Crippen molar-refractivity contribution in [1.82, 2.24) is 0 Å². The maximum absolute atomic E-state index is 3.78. The fourth-order valence-corrected chi connectivity index (χ4v) is 3.36. The van der Waals surface area contributed by atoms with E-state index in [0.717, 1.165) is 18.4 Å². The summed E-state index contributed by atoms with van der Waals surface area (Å²) in [6.45, 7) is 2.24. The van der Waals surface area contributed by atoms with Gasteiger partial charge in [-0.25, -0.2) is 0 Å². The molecular weight excluding hydrogens is 262 g/mol. The van der Waals surface area contributed by atoms with Gasteiger partial charge in [-0.15, -0.1) is 0 Å². The molecule has 2 aliphatic rings. The quantitative estimate of drug-likeness (QED) is 0.858. The van der Waals surface area contributed by atoms with Crippen molar-refractivity contribution in [3.8, 4) is 0 Å². The molecule has 0 amide bonds. The highest BCUT2D eigenvalue weighted by Gasteiger charge is 2.33. The number of fused-ring (bicyclic) bond motifs is 1. The zero-order valence-electron chi connectivity index (χ0n) is 9.72. The van der Waals surface area contributed by atoms with Crippen LogP contribution in [-0.2, 0) is 12.8 Å². The van der Waals surface area contributed by atoms with Gasteiger partial charge < -0.3 is 5.32 Å². The zero-order chi connectivity index (χ0) is 11.1. The number of hydrogen-bond acceptors (Lipinski definition) is 1. The highest BCUT2D eigenvalue weighted by Crippen LogP contribution is 2.41. The summed E-state index contributed by atoms with van der Waals surface area (Å²) in [6, 6.07) is 5.30. The average molecular weight is 280 g/mol. The van der Waals surface area contributed by atoms with Crippen LogP contribution < -0.4 is 5.32 Å². The molecule has 1 aromatic rings. The third-order valence-corrected chi connectivity index (χ3v) is 4.35. The summed E-state index contributed by atoms with van der Waals surface area (Å²) in [5.41, 5.74) is 4.41. The summed E-state index contributed by atoms with van der Waals surface area (Å²) in [7, 11) is 0. The van der Waals surface area contributed by atoms with Crippen LogP contribution in [0.4, 0.5) is 5.69 Å². The molecule has 2 heteroatoms. The van der Waals surface area contributed by atoms with Crippen molar-refractivity contribution in [2.45, 2.75) is 45.1 Å². The van der Waals surface area contributed by atoms with E-state index in [1.165, 1.54) is 47.0 Å². The van der Waals surface area contributed by atoms with Crippen LogP contribution in [0.3, 0.4) is 0 Å². The van der Waals surface area contributed by atoms with Crippen LogP contribution in [0.15, 0.2) is 16.6 Å². The lowest BCUT2D eigenvalue weighted by Gasteiger charge is -2.29. The van der Waals surface area contributed by atoms with Gasteiger partial charge >= 0.3 is 0 Å². The van der Waals surface area contributed by atoms with Crippen LogP contribution >= 0.6 is 15.9 Å². The van der Waals surface area contributed by atoms with E-state index in [1.54, 1.807) is 0 Å². The van der Waals surface area contributed by atoms with Gasteiger partial charge in [0, 0.05) is 16.2 Å². The standard InChI is InChI=1S/C14H18BrN/c1-2-9-7-12(15)8-11-5-6-13(10-3-4-10)16-14(9)11/h7-8,10,13,16H,2-6H2,1H3. The van der Waals surface area contributed by atoms with Crippen LogP contribution in [0.5, 0.6) is 0 Å². The smallest absolute Gasteiger partial charge is 0.0408 e. The van der Waals surface area contributed by atoms with E-state index in [-0.39, 0.29) is 0 Å². The van der Waals surface area contributed by atoms with Gasteiger partial charge in [0.05, 0.1) is 0 Å². The minimum absolute atomic E-state index is 0.749. The first-order valence-electron chi connectivity index (χ1n) is 6.35. The van der Waals surface area contributed by atoms with Crippen LogP contribution in [0, 0.1) is 5.92 Å². The topological polar surface area (TPSA) is 12.0 Å². The van der Waals surface area contributed by atoms with E-state index < -0.39 is 0 Å². The number of rotatable bonds is 2. The van der Waals surface area contributed by atoms with Gasteiger partial charge in [-0.2, -0.15) is 0 Å². The number of halogens is 1. The van der Waals surface area contributed by atoms with Gasteiger partial charge in [0.2, 0.25) is 0 Å². The van der Waals surface area contributed by atoms with Crippen LogP contribution in [0.1, 0.15) is 37.3 Å². The molecule has 1 aliphatic heterocycles. The third-order valence-electron chi connectivity index (χ3n) is 3.89. The number of hydrogen-bond donors (Lipinski definition) is 1. The lowest BCUT2D eigenvalue weighted by atomic mass is 9.92. The molecule has 1 aliphatic carbocycles. The van der Waals surface area contributed by atoms with Crippen molar-refractivity contribution in [2.24, 2.45) is 5.92 Å². The molecule has 1 N–H and O–H groups in total. The van der Waals surface area contributed by atoms with Gasteiger partial charge in [0.25, 0.3) is 0 Å². The van der Waals surface area contributed by atoms with Crippen LogP contribution in [0.25, 0.3) is 0 Å². The molecule has 3 rings (SSSR count). The first-order chi connectivity index (χ1) is 7.78. The maximum Gasteiger partial charge on any atom is 0.0408 e. The average Bonchev–Trinajstić information content (AvgIpc) is 3.11. The molecule has 0 radical (unpaired) electrons. The molecular formula is C14H18BrN. The molecule has 86 valence electrons. The number of nitrogens with one attached hydrogen (secondary N) is 1. The van der Waals surface area contributed by atoms with Crippen molar-refractivity contribution in [2.75, 3.05) is 5.32 Å². The van der Waals surface area contributed by atoms with Gasteiger partial charge in [-0.05, 0) is 61.3 Å². The molecule has 1 saturated carbocycles. The molecule has 0 spiro atoms. The van der Waals surface area contributed by atoms with Gasteiger partial charge in [-0.3, -0.25) is 0 Å². The van der Waals surface area contributed by atoms with E-state index in [1.807, 2.05) is 0 Å². The Bertz CT molecular complexity index is 392. The predicted molar refractivity (Wildman–Crippen MR) is 72.0 cm³/mol. The molecule has 1 heterocycles. The molecule has 1 atom stereocenters. The highest BCUT2D eigenvalue weighted by atomic mass is 79.9. The predicted octanol–water partition coefficient (Wildman–Crippen LogP) is 4.15. The van der Waals surface area contributed by atoms with Gasteiger partial charge in [0.1, 0.15) is 0 Å². The summed E-state index contributed by atoms with van der Waals surface area (Å²) in [5.74, 6) is 0.960. The molecule has 0 saturated heterocycles. The Morgan fingerprint density at radius 3 is 2.81 bits per heavy atom. The summed E-state index contributed by atoms with van der Waals surface area (Å²) >= 11 is 3.61. The molecule has 0 aromatic heterocycles. The highest BCUT2D eigenvalue weighted by molar-refractivity contribution is 9.10. The van der Waals surface area contributed by atoms with Crippen LogP contribution in [0.2, 0.25) is 0 Å². The number of aryl methyl sites for hydroxylation is 2. The van der Waals surface area contributed by atoms with E-state index in [9.17, 15) is 0 Å². The normalized spacial score (nSPS) is 23.8. The van der Waals surface area contributed by atoms with E-state index in [4.69, 9.17) is 0 Å². The largest absolute Gasteiger partial charge is 0.382 e. The molecule has 1 fully saturated rings. The maximum atomic E-state index is 3.78. The Balaban J connectivity index is 1.94. The van der Waals surface area contributed by atoms with Gasteiger partial charge in [-0.1, -0.05) is 22.9 Å². The second-order valence-corrected chi connectivity index (χ2v) is 6.00. The Labute approximate surface area is 106 Å². The van der Waals surface area contributed by atoms with Crippen molar-refractivity contribution in [3.63, 3.8) is 0 Å². The van der Waals surface area contributed by atoms with Crippen molar-refractivity contribution in [3.05, 3.63) is 27.7 Å². The lowest BCUT2D eigenvalue weighted by Crippen LogP contribution is -2.28. The summed E-state index contributed by atoms with van der Waals surface area (Å²) in [6.07, 6.45) is 6.55. The third kappa shape index (κ3) is 1.88. The fraction of sp³-hybridized carbons (Fsp3) is 0.571. The molecule has 1 nitrogen and oxygen atoms in total. The van der Waals surface area contributed by atoms with E-state index >= 15 is 0 Å². The van der Waals surface area contributed by atoms with E-state index in [2.05, 4.69) is 40.3 Å². The number of anilines is 1. The fourth-order valence-electron chi connectivity index (χ4n) is 2.81. The summed E-state index contributed by atoms with van der Waals surface area (Å²) in [4.78, 5) is 0.